The van der Waals surface area contributed by atoms with Crippen LogP contribution in [0, 0.1) is 10.1 Å². The first-order valence-electron chi connectivity index (χ1n) is 9.17. The average molecular weight is 482 g/mol. The summed E-state index contributed by atoms with van der Waals surface area (Å²) in [7, 11) is 4.19. The van der Waals surface area contributed by atoms with E-state index in [0.717, 1.165) is 6.07 Å². The lowest BCUT2D eigenvalue weighted by Gasteiger charge is -2.14. The van der Waals surface area contributed by atoms with Gasteiger partial charge in [-0.3, -0.25) is 24.5 Å². The first kappa shape index (κ1) is 25.2. The lowest BCUT2D eigenvalue weighted by Crippen LogP contribution is -2.32. The molecule has 0 unspecified atom stereocenters. The van der Waals surface area contributed by atoms with Crippen LogP contribution in [0.1, 0.15) is 10.4 Å². The first-order chi connectivity index (χ1) is 15.7. The highest BCUT2D eigenvalue weighted by atomic mass is 35.5. The zero-order valence-electron chi connectivity index (χ0n) is 17.8. The number of anilines is 1. The van der Waals surface area contributed by atoms with E-state index < -0.39 is 35.9 Å². The molecule has 0 heterocycles. The highest BCUT2D eigenvalue weighted by Crippen LogP contribution is 2.38. The molecule has 0 aliphatic carbocycles. The lowest BCUT2D eigenvalue weighted by molar-refractivity contribution is -0.383. The maximum atomic E-state index is 12.4. The van der Waals surface area contributed by atoms with Gasteiger partial charge in [0.1, 0.15) is 12.2 Å². The van der Waals surface area contributed by atoms with E-state index in [2.05, 4.69) is 10.6 Å². The maximum Gasteiger partial charge on any atom is 0.325 e. The predicted molar refractivity (Wildman–Crippen MR) is 116 cm³/mol. The van der Waals surface area contributed by atoms with E-state index >= 15 is 0 Å². The van der Waals surface area contributed by atoms with Crippen molar-refractivity contribution in [2.24, 2.45) is 0 Å². The van der Waals surface area contributed by atoms with Crippen LogP contribution in [-0.2, 0) is 14.3 Å². The van der Waals surface area contributed by atoms with E-state index in [1.165, 1.54) is 45.6 Å². The standard InChI is InChI=1S/C20H20ClN3O9/c1-30-15-6-11(7-16(31-2)19(15)32-3)20(27)22-9-18(26)33-10-17(25)23-13-8-12(21)4-5-14(13)24(28)29/h4-8H,9-10H2,1-3H3,(H,22,27)(H,23,25). The van der Waals surface area contributed by atoms with Crippen molar-refractivity contribution in [1.29, 1.82) is 0 Å². The Balaban J connectivity index is 1.92. The summed E-state index contributed by atoms with van der Waals surface area (Å²) >= 11 is 5.79. The number of ether oxygens (including phenoxy) is 4. The molecule has 0 saturated heterocycles. The fraction of sp³-hybridized carbons (Fsp3) is 0.250. The van der Waals surface area contributed by atoms with E-state index in [4.69, 9.17) is 30.5 Å². The number of carbonyl (C=O) groups is 3. The smallest absolute Gasteiger partial charge is 0.325 e. The van der Waals surface area contributed by atoms with Crippen molar-refractivity contribution in [3.8, 4) is 17.2 Å². The van der Waals surface area contributed by atoms with Gasteiger partial charge in [-0.05, 0) is 24.3 Å². The topological polar surface area (TPSA) is 155 Å². The van der Waals surface area contributed by atoms with Crippen LogP contribution in [0.4, 0.5) is 11.4 Å². The molecule has 2 amide bonds. The number of methoxy groups -OCH3 is 3. The highest BCUT2D eigenvalue weighted by molar-refractivity contribution is 6.31. The third-order valence-corrected chi connectivity index (χ3v) is 4.35. The molecule has 0 radical (unpaired) electrons. The van der Waals surface area contributed by atoms with E-state index in [1.54, 1.807) is 0 Å². The molecular weight excluding hydrogens is 462 g/mol. The fourth-order valence-electron chi connectivity index (χ4n) is 2.62. The SMILES string of the molecule is COc1cc(C(=O)NCC(=O)OCC(=O)Nc2cc(Cl)ccc2[N+](=O)[O-])cc(OC)c1OC. The summed E-state index contributed by atoms with van der Waals surface area (Å²) < 4.78 is 20.3. The van der Waals surface area contributed by atoms with Gasteiger partial charge in [0, 0.05) is 16.7 Å². The van der Waals surface area contributed by atoms with Crippen LogP contribution >= 0.6 is 11.6 Å². The van der Waals surface area contributed by atoms with Crippen molar-refractivity contribution in [3.05, 3.63) is 51.0 Å². The second-order valence-corrected chi connectivity index (χ2v) is 6.66. The van der Waals surface area contributed by atoms with Gasteiger partial charge in [0.25, 0.3) is 17.5 Å². The molecule has 13 heteroatoms. The predicted octanol–water partition coefficient (Wildman–Crippen LogP) is 2.19. The zero-order chi connectivity index (χ0) is 24.5. The summed E-state index contributed by atoms with van der Waals surface area (Å²) in [6.07, 6.45) is 0. The quantitative estimate of drug-likeness (QED) is 0.295. The second-order valence-electron chi connectivity index (χ2n) is 6.22. The third kappa shape index (κ3) is 6.71. The molecule has 2 aromatic rings. The van der Waals surface area contributed by atoms with Crippen molar-refractivity contribution in [1.82, 2.24) is 5.32 Å². The van der Waals surface area contributed by atoms with Crippen molar-refractivity contribution in [2.45, 2.75) is 0 Å². The molecule has 33 heavy (non-hydrogen) atoms. The molecule has 176 valence electrons. The number of halogens is 1. The number of benzene rings is 2. The molecule has 0 aliphatic rings. The minimum absolute atomic E-state index is 0.128. The summed E-state index contributed by atoms with van der Waals surface area (Å²) in [6.45, 7) is -1.28. The van der Waals surface area contributed by atoms with Crippen molar-refractivity contribution in [3.63, 3.8) is 0 Å². The van der Waals surface area contributed by atoms with Gasteiger partial charge in [-0.2, -0.15) is 0 Å². The Hall–Kier alpha value is -4.06. The monoisotopic (exact) mass is 481 g/mol. The van der Waals surface area contributed by atoms with Crippen molar-refractivity contribution in [2.75, 3.05) is 39.8 Å². The van der Waals surface area contributed by atoms with E-state index in [0.29, 0.717) is 5.75 Å². The number of carbonyl (C=O) groups excluding carboxylic acids is 3. The molecule has 2 N–H and O–H groups in total. The fourth-order valence-corrected chi connectivity index (χ4v) is 2.79. The number of nitrogens with one attached hydrogen (secondary N) is 2. The Morgan fingerprint density at radius 1 is 1.03 bits per heavy atom. The Morgan fingerprint density at radius 2 is 1.67 bits per heavy atom. The third-order valence-electron chi connectivity index (χ3n) is 4.11. The number of hydrogen-bond acceptors (Lipinski definition) is 9. The van der Waals surface area contributed by atoms with E-state index in [-0.39, 0.29) is 33.5 Å². The molecule has 2 rings (SSSR count). The van der Waals surface area contributed by atoms with Crippen LogP contribution in [0.15, 0.2) is 30.3 Å². The van der Waals surface area contributed by atoms with Crippen LogP contribution in [0.5, 0.6) is 17.2 Å². The minimum atomic E-state index is -0.911. The Morgan fingerprint density at radius 3 is 2.21 bits per heavy atom. The number of hydrogen-bond donors (Lipinski definition) is 2. The molecule has 12 nitrogen and oxygen atoms in total. The molecule has 0 spiro atoms. The van der Waals surface area contributed by atoms with Gasteiger partial charge in [-0.1, -0.05) is 11.6 Å². The number of nitro groups is 1. The molecule has 2 aromatic carbocycles. The van der Waals surface area contributed by atoms with Gasteiger partial charge in [0.2, 0.25) is 5.75 Å². The summed E-state index contributed by atoms with van der Waals surface area (Å²) in [5.41, 5.74) is -0.399. The number of rotatable bonds is 10. The van der Waals surface area contributed by atoms with Crippen LogP contribution in [-0.4, -0.2) is 57.2 Å². The van der Waals surface area contributed by atoms with Gasteiger partial charge in [0.15, 0.2) is 18.1 Å². The van der Waals surface area contributed by atoms with Crippen LogP contribution < -0.4 is 24.8 Å². The van der Waals surface area contributed by atoms with Crippen LogP contribution in [0.2, 0.25) is 5.02 Å². The largest absolute Gasteiger partial charge is 0.493 e. The summed E-state index contributed by atoms with van der Waals surface area (Å²) in [6, 6.07) is 6.41. The maximum absolute atomic E-state index is 12.4. The van der Waals surface area contributed by atoms with Gasteiger partial charge in [-0.15, -0.1) is 0 Å². The minimum Gasteiger partial charge on any atom is -0.493 e. The first-order valence-corrected chi connectivity index (χ1v) is 9.55. The van der Waals surface area contributed by atoms with Gasteiger partial charge in [-0.25, -0.2) is 0 Å². The Kier molecular flexibility index (Phi) is 8.80. The molecule has 0 fully saturated rings. The molecular formula is C20H20ClN3O9. The average Bonchev–Trinajstić information content (AvgIpc) is 2.79. The van der Waals surface area contributed by atoms with Gasteiger partial charge in [0.05, 0.1) is 26.3 Å². The molecule has 0 aliphatic heterocycles. The Bertz CT molecular complexity index is 1050. The number of amides is 2. The highest BCUT2D eigenvalue weighted by Gasteiger charge is 2.19. The zero-order valence-corrected chi connectivity index (χ0v) is 18.6. The van der Waals surface area contributed by atoms with E-state index in [1.807, 2.05) is 0 Å². The molecule has 0 aromatic heterocycles. The number of esters is 1. The number of nitrogens with zero attached hydrogens (tertiary/aromatic N) is 1. The van der Waals surface area contributed by atoms with Crippen LogP contribution in [0.3, 0.4) is 0 Å². The lowest BCUT2D eigenvalue weighted by atomic mass is 10.1. The van der Waals surface area contributed by atoms with Gasteiger partial charge >= 0.3 is 5.97 Å². The number of nitro benzene ring substituents is 1. The summed E-state index contributed by atoms with van der Waals surface area (Å²) in [4.78, 5) is 46.6. The molecule has 0 bridgehead atoms. The normalized spacial score (nSPS) is 10.1. The van der Waals surface area contributed by atoms with E-state index in [9.17, 15) is 24.5 Å². The van der Waals surface area contributed by atoms with Crippen LogP contribution in [0.25, 0.3) is 0 Å². The molecule has 0 atom stereocenters. The van der Waals surface area contributed by atoms with Crippen molar-refractivity contribution >= 4 is 40.8 Å². The van der Waals surface area contributed by atoms with Gasteiger partial charge < -0.3 is 29.6 Å². The Labute approximate surface area is 192 Å². The summed E-state index contributed by atoms with van der Waals surface area (Å²) in [5, 5.41) is 15.8. The second kappa shape index (κ2) is 11.5. The summed E-state index contributed by atoms with van der Waals surface area (Å²) in [5.74, 6) is -1.59. The van der Waals surface area contributed by atoms with Crippen molar-refractivity contribution < 1.29 is 38.3 Å². The molecule has 0 saturated carbocycles.